The molecule has 1 aliphatic carbocycles. The van der Waals surface area contributed by atoms with Crippen LogP contribution in [0.15, 0.2) is 35.7 Å². The predicted molar refractivity (Wildman–Crippen MR) is 115 cm³/mol. The van der Waals surface area contributed by atoms with Gasteiger partial charge in [-0.2, -0.15) is 0 Å². The standard InChI is InChI=1S/C22H24F2N6.H2/c1-13-17(10-20(23)24)18-9-14(11-25-21(18)27-13)16-7-8-30-19(16)12-26-22(29-30)28-15-5-3-2-4-6-15;/h7-9,11-12,15,17,20H,2-6,10H2,1H3,(H,28,29);1H. The second-order valence-corrected chi connectivity index (χ2v) is 8.19. The third-order valence-electron chi connectivity index (χ3n) is 6.14. The second-order valence-electron chi connectivity index (χ2n) is 8.19. The largest absolute Gasteiger partial charge is 0.350 e. The van der Waals surface area contributed by atoms with Crippen molar-refractivity contribution in [3.63, 3.8) is 0 Å². The zero-order valence-electron chi connectivity index (χ0n) is 16.9. The van der Waals surface area contributed by atoms with Gasteiger partial charge in [0, 0.05) is 54.6 Å². The average molecular weight is 412 g/mol. The van der Waals surface area contributed by atoms with Gasteiger partial charge in [0.05, 0.1) is 11.7 Å². The summed E-state index contributed by atoms with van der Waals surface area (Å²) in [6.07, 6.45) is 8.92. The maximum Gasteiger partial charge on any atom is 0.241 e. The average Bonchev–Trinajstić information content (AvgIpc) is 3.29. The third kappa shape index (κ3) is 3.55. The minimum atomic E-state index is -2.38. The SMILES string of the molecule is CC1=Nc2ncc(-c3ccn4nc(NC5CCCCC5)ncc34)cc2C1CC(F)F.[HH]. The van der Waals surface area contributed by atoms with Crippen LogP contribution in [-0.4, -0.2) is 37.8 Å². The van der Waals surface area contributed by atoms with Crippen molar-refractivity contribution in [1.82, 2.24) is 19.6 Å². The number of nitrogens with zero attached hydrogens (tertiary/aromatic N) is 5. The number of halogens is 2. The van der Waals surface area contributed by atoms with Gasteiger partial charge in [-0.3, -0.25) is 0 Å². The summed E-state index contributed by atoms with van der Waals surface area (Å²) >= 11 is 0. The van der Waals surface area contributed by atoms with Crippen LogP contribution in [0, 0.1) is 0 Å². The summed E-state index contributed by atoms with van der Waals surface area (Å²) in [6.45, 7) is 1.79. The number of anilines is 1. The molecule has 0 bridgehead atoms. The molecule has 1 fully saturated rings. The Morgan fingerprint density at radius 1 is 1.20 bits per heavy atom. The lowest BCUT2D eigenvalue weighted by Crippen LogP contribution is -2.23. The smallest absolute Gasteiger partial charge is 0.241 e. The molecule has 4 heterocycles. The van der Waals surface area contributed by atoms with Crippen LogP contribution >= 0.6 is 0 Å². The van der Waals surface area contributed by atoms with E-state index < -0.39 is 6.43 Å². The molecule has 0 spiro atoms. The first-order valence-electron chi connectivity index (χ1n) is 10.5. The fourth-order valence-corrected chi connectivity index (χ4v) is 4.56. The van der Waals surface area contributed by atoms with E-state index in [1.54, 1.807) is 23.8 Å². The van der Waals surface area contributed by atoms with Crippen LogP contribution in [0.5, 0.6) is 0 Å². The van der Waals surface area contributed by atoms with E-state index in [2.05, 4.69) is 25.4 Å². The Hall–Kier alpha value is -2.90. The molecule has 0 aromatic carbocycles. The van der Waals surface area contributed by atoms with E-state index in [1.165, 1.54) is 19.3 Å². The monoisotopic (exact) mass is 412 g/mol. The molecular formula is C22H26F2N6. The Labute approximate surface area is 174 Å². The van der Waals surface area contributed by atoms with Crippen LogP contribution in [0.25, 0.3) is 16.6 Å². The van der Waals surface area contributed by atoms with Crippen molar-refractivity contribution in [3.8, 4) is 11.1 Å². The molecule has 3 aromatic heterocycles. The molecule has 0 amide bonds. The minimum absolute atomic E-state index is 0. The first-order valence-corrected chi connectivity index (χ1v) is 10.5. The van der Waals surface area contributed by atoms with Gasteiger partial charge in [-0.1, -0.05) is 19.3 Å². The van der Waals surface area contributed by atoms with E-state index in [0.29, 0.717) is 23.5 Å². The number of alkyl halides is 2. The molecule has 1 saturated carbocycles. The van der Waals surface area contributed by atoms with E-state index in [4.69, 9.17) is 0 Å². The van der Waals surface area contributed by atoms with Gasteiger partial charge in [0.25, 0.3) is 0 Å². The summed E-state index contributed by atoms with van der Waals surface area (Å²) < 4.78 is 27.9. The molecular weight excluding hydrogens is 386 g/mol. The van der Waals surface area contributed by atoms with Gasteiger partial charge < -0.3 is 5.32 Å². The topological polar surface area (TPSA) is 67.5 Å². The Morgan fingerprint density at radius 2 is 2.03 bits per heavy atom. The second kappa shape index (κ2) is 7.74. The predicted octanol–water partition coefficient (Wildman–Crippen LogP) is 5.63. The van der Waals surface area contributed by atoms with E-state index in [1.807, 2.05) is 18.3 Å². The Kier molecular flexibility index (Phi) is 4.92. The molecule has 2 aliphatic rings. The van der Waals surface area contributed by atoms with Crippen LogP contribution in [0.4, 0.5) is 20.5 Å². The first kappa shape index (κ1) is 19.1. The number of hydrogen-bond donors (Lipinski definition) is 1. The fraction of sp³-hybridized carbons (Fsp3) is 0.455. The highest BCUT2D eigenvalue weighted by atomic mass is 19.3. The lowest BCUT2D eigenvalue weighted by Gasteiger charge is -2.22. The summed E-state index contributed by atoms with van der Waals surface area (Å²) in [7, 11) is 0. The normalized spacial score (nSPS) is 19.3. The number of nitrogens with one attached hydrogen (secondary N) is 1. The summed E-state index contributed by atoms with van der Waals surface area (Å²) in [5.74, 6) is 0.786. The lowest BCUT2D eigenvalue weighted by molar-refractivity contribution is 0.135. The molecule has 0 radical (unpaired) electrons. The van der Waals surface area contributed by atoms with Gasteiger partial charge >= 0.3 is 0 Å². The van der Waals surface area contributed by atoms with Gasteiger partial charge in [0.15, 0.2) is 5.82 Å². The van der Waals surface area contributed by atoms with E-state index >= 15 is 0 Å². The first-order chi connectivity index (χ1) is 14.6. The van der Waals surface area contributed by atoms with Crippen molar-refractivity contribution in [3.05, 3.63) is 36.3 Å². The highest BCUT2D eigenvalue weighted by Crippen LogP contribution is 2.40. The molecule has 1 aliphatic heterocycles. The van der Waals surface area contributed by atoms with Gasteiger partial charge in [0.2, 0.25) is 12.4 Å². The minimum Gasteiger partial charge on any atom is -0.350 e. The number of aromatic nitrogens is 4. The van der Waals surface area contributed by atoms with Gasteiger partial charge in [-0.25, -0.2) is 28.3 Å². The number of hydrogen-bond acceptors (Lipinski definition) is 5. The van der Waals surface area contributed by atoms with Crippen molar-refractivity contribution >= 4 is 23.0 Å². The van der Waals surface area contributed by atoms with Crippen LogP contribution in [0.3, 0.4) is 0 Å². The molecule has 8 heteroatoms. The van der Waals surface area contributed by atoms with Crippen molar-refractivity contribution in [2.45, 2.75) is 63.8 Å². The Bertz CT molecular complexity index is 1110. The number of fused-ring (bicyclic) bond motifs is 2. The lowest BCUT2D eigenvalue weighted by atomic mass is 9.93. The van der Waals surface area contributed by atoms with Crippen molar-refractivity contribution in [2.75, 3.05) is 5.32 Å². The van der Waals surface area contributed by atoms with Crippen molar-refractivity contribution < 1.29 is 10.2 Å². The van der Waals surface area contributed by atoms with E-state index in [-0.39, 0.29) is 13.8 Å². The highest BCUT2D eigenvalue weighted by molar-refractivity contribution is 5.96. The molecule has 3 aromatic rings. The maximum absolute atomic E-state index is 13.0. The number of rotatable bonds is 5. The Balaban J connectivity index is 0.00000231. The molecule has 30 heavy (non-hydrogen) atoms. The summed E-state index contributed by atoms with van der Waals surface area (Å²) in [4.78, 5) is 13.3. The van der Waals surface area contributed by atoms with Crippen LogP contribution in [0.1, 0.15) is 58.4 Å². The summed E-state index contributed by atoms with van der Waals surface area (Å²) in [6, 6.07) is 4.32. The zero-order chi connectivity index (χ0) is 20.7. The van der Waals surface area contributed by atoms with Gasteiger partial charge in [-0.05, 0) is 31.9 Å². The molecule has 158 valence electrons. The van der Waals surface area contributed by atoms with Crippen molar-refractivity contribution in [2.24, 2.45) is 4.99 Å². The van der Waals surface area contributed by atoms with Crippen molar-refractivity contribution in [1.29, 1.82) is 0 Å². The molecule has 1 unspecified atom stereocenters. The van der Waals surface area contributed by atoms with Gasteiger partial charge in [-0.15, -0.1) is 5.10 Å². The third-order valence-corrected chi connectivity index (χ3v) is 6.14. The van der Waals surface area contributed by atoms with Crippen LogP contribution in [0.2, 0.25) is 0 Å². The molecule has 1 atom stereocenters. The fourth-order valence-electron chi connectivity index (χ4n) is 4.56. The summed E-state index contributed by atoms with van der Waals surface area (Å²) in [5.41, 5.74) is 4.10. The van der Waals surface area contributed by atoms with E-state index in [9.17, 15) is 8.78 Å². The molecule has 0 saturated heterocycles. The summed E-state index contributed by atoms with van der Waals surface area (Å²) in [5, 5.41) is 8.05. The Morgan fingerprint density at radius 3 is 2.83 bits per heavy atom. The quantitative estimate of drug-likeness (QED) is 0.590. The maximum atomic E-state index is 13.0. The number of aliphatic imine (C=N–C) groups is 1. The number of pyridine rings is 1. The molecule has 5 rings (SSSR count). The van der Waals surface area contributed by atoms with Crippen LogP contribution < -0.4 is 5.32 Å². The highest BCUT2D eigenvalue weighted by Gasteiger charge is 2.29. The van der Waals surface area contributed by atoms with Crippen LogP contribution in [-0.2, 0) is 0 Å². The molecule has 1 N–H and O–H groups in total. The molecule has 6 nitrogen and oxygen atoms in total. The van der Waals surface area contributed by atoms with Gasteiger partial charge in [0.1, 0.15) is 0 Å². The zero-order valence-corrected chi connectivity index (χ0v) is 16.9. The van der Waals surface area contributed by atoms with E-state index in [0.717, 1.165) is 35.0 Å².